The van der Waals surface area contributed by atoms with Gasteiger partial charge in [0.1, 0.15) is 24.9 Å². The molecule has 28 heavy (non-hydrogen) atoms. The monoisotopic (exact) mass is 424 g/mol. The first-order valence-corrected chi connectivity index (χ1v) is 10.6. The summed E-state index contributed by atoms with van der Waals surface area (Å²) in [7, 11) is -4.36. The van der Waals surface area contributed by atoms with Crippen molar-refractivity contribution in [2.45, 2.75) is 76.2 Å². The molecule has 0 bridgehead atoms. The van der Waals surface area contributed by atoms with Gasteiger partial charge in [-0.3, -0.25) is 4.79 Å². The van der Waals surface area contributed by atoms with Crippen LogP contribution in [0.2, 0.25) is 0 Å². The first kappa shape index (κ1) is 21.8. The number of rotatable bonds is 7. The van der Waals surface area contributed by atoms with Crippen LogP contribution in [0.5, 0.6) is 0 Å². The second-order valence-corrected chi connectivity index (χ2v) is 9.28. The molecule has 3 fully saturated rings. The summed E-state index contributed by atoms with van der Waals surface area (Å²) in [6.45, 7) is 6.75. The number of hydrogen-bond acceptors (Lipinski definition) is 10. The van der Waals surface area contributed by atoms with Crippen LogP contribution in [-0.4, -0.2) is 69.8 Å². The zero-order chi connectivity index (χ0) is 20.8. The van der Waals surface area contributed by atoms with Crippen LogP contribution in [0.4, 0.5) is 0 Å². The van der Waals surface area contributed by atoms with Gasteiger partial charge in [0.25, 0.3) is 0 Å². The van der Waals surface area contributed by atoms with Crippen LogP contribution in [0.25, 0.3) is 0 Å². The lowest BCUT2D eigenvalue weighted by molar-refractivity contribution is -0.290. The number of ether oxygens (including phenoxy) is 5. The maximum absolute atomic E-state index is 12.1. The fraction of sp³-hybridized carbons (Fsp3) is 0.938. The van der Waals surface area contributed by atoms with E-state index in [0.29, 0.717) is 6.42 Å². The molecule has 3 rings (SSSR count). The summed E-state index contributed by atoms with van der Waals surface area (Å²) in [5, 5.41) is 0. The molecule has 0 radical (unpaired) electrons. The fourth-order valence-corrected chi connectivity index (χ4v) is 4.35. The summed E-state index contributed by atoms with van der Waals surface area (Å²) < 4.78 is 60.5. The van der Waals surface area contributed by atoms with Crippen LogP contribution >= 0.6 is 0 Å². The van der Waals surface area contributed by atoms with Crippen molar-refractivity contribution in [2.75, 3.05) is 19.8 Å². The summed E-state index contributed by atoms with van der Waals surface area (Å²) in [5.41, 5.74) is 5.31. The third kappa shape index (κ3) is 4.65. The van der Waals surface area contributed by atoms with E-state index in [9.17, 15) is 13.2 Å². The Morgan fingerprint density at radius 1 is 1.18 bits per heavy atom. The highest BCUT2D eigenvalue weighted by molar-refractivity contribution is 7.85. The quantitative estimate of drug-likeness (QED) is 0.549. The van der Waals surface area contributed by atoms with E-state index in [1.54, 1.807) is 27.7 Å². The molecule has 11 nitrogen and oxygen atoms in total. The number of nitrogens with two attached hydrogens (primary N) is 1. The lowest BCUT2D eigenvalue weighted by Crippen LogP contribution is -2.60. The number of nitrogens with one attached hydrogen (secondary N) is 1. The third-order valence-corrected chi connectivity index (χ3v) is 5.44. The Morgan fingerprint density at radius 2 is 1.89 bits per heavy atom. The van der Waals surface area contributed by atoms with Gasteiger partial charge in [0, 0.05) is 6.42 Å². The van der Waals surface area contributed by atoms with Crippen LogP contribution < -0.4 is 10.5 Å². The minimum atomic E-state index is -4.36. The molecule has 0 unspecified atom stereocenters. The van der Waals surface area contributed by atoms with Gasteiger partial charge in [0.05, 0.1) is 6.61 Å². The highest BCUT2D eigenvalue weighted by Crippen LogP contribution is 2.47. The predicted molar refractivity (Wildman–Crippen MR) is 93.8 cm³/mol. The lowest BCUT2D eigenvalue weighted by Gasteiger charge is -2.40. The Hall–Kier alpha value is -0.860. The maximum Gasteiger partial charge on any atom is 0.362 e. The minimum Gasteiger partial charge on any atom is -0.343 e. The lowest BCUT2D eigenvalue weighted by atomic mass is 9.98. The Balaban J connectivity index is 1.71. The highest BCUT2D eigenvalue weighted by Gasteiger charge is 2.65. The molecule has 0 aromatic heterocycles. The normalized spacial score (nSPS) is 36.0. The fourth-order valence-electron chi connectivity index (χ4n) is 3.59. The van der Waals surface area contributed by atoms with Gasteiger partial charge in [0.2, 0.25) is 11.7 Å². The van der Waals surface area contributed by atoms with Gasteiger partial charge >= 0.3 is 10.3 Å². The zero-order valence-electron chi connectivity index (χ0n) is 16.4. The van der Waals surface area contributed by atoms with Crippen molar-refractivity contribution >= 4 is 16.2 Å². The van der Waals surface area contributed by atoms with Gasteiger partial charge in [-0.2, -0.15) is 8.42 Å². The van der Waals surface area contributed by atoms with E-state index in [2.05, 4.69) is 0 Å². The van der Waals surface area contributed by atoms with Gasteiger partial charge in [-0.15, -0.1) is 0 Å². The Kier molecular flexibility index (Phi) is 5.80. The molecule has 3 aliphatic heterocycles. The van der Waals surface area contributed by atoms with E-state index < -0.39 is 58.5 Å². The molecule has 0 aromatic rings. The molecule has 0 saturated carbocycles. The van der Waals surface area contributed by atoms with Crippen molar-refractivity contribution in [2.24, 2.45) is 5.73 Å². The average Bonchev–Trinajstić information content (AvgIpc) is 3.02. The molecular weight excluding hydrogens is 396 g/mol. The molecule has 1 amide bonds. The second kappa shape index (κ2) is 7.43. The average molecular weight is 424 g/mol. The highest BCUT2D eigenvalue weighted by atomic mass is 32.2. The van der Waals surface area contributed by atoms with E-state index in [4.69, 9.17) is 33.6 Å². The van der Waals surface area contributed by atoms with Crippen LogP contribution in [0.15, 0.2) is 0 Å². The molecule has 0 spiro atoms. The molecule has 162 valence electrons. The molecule has 12 heteroatoms. The summed E-state index contributed by atoms with van der Waals surface area (Å²) in [6.07, 6.45) is -1.38. The van der Waals surface area contributed by atoms with Crippen molar-refractivity contribution in [3.8, 4) is 0 Å². The van der Waals surface area contributed by atoms with Gasteiger partial charge in [0.15, 0.2) is 11.6 Å². The van der Waals surface area contributed by atoms with E-state index in [0.717, 1.165) is 0 Å². The van der Waals surface area contributed by atoms with Gasteiger partial charge in [-0.25, -0.2) is 8.91 Å². The van der Waals surface area contributed by atoms with Gasteiger partial charge < -0.3 is 29.4 Å². The van der Waals surface area contributed by atoms with E-state index in [1.165, 1.54) is 0 Å². The first-order valence-electron chi connectivity index (χ1n) is 9.15. The summed E-state index contributed by atoms with van der Waals surface area (Å²) in [4.78, 5) is 11.7. The Bertz CT molecular complexity index is 711. The summed E-state index contributed by atoms with van der Waals surface area (Å²) in [5.74, 6) is -4.13. The van der Waals surface area contributed by atoms with Crippen molar-refractivity contribution in [1.29, 1.82) is 0 Å². The van der Waals surface area contributed by atoms with E-state index >= 15 is 0 Å². The molecule has 3 N–H and O–H groups in total. The SMILES string of the molecule is CC1(C)O[C@@H]2[C@@H](CO[C@@]3(COS(=O)(=O)NC(=O)CCCN)OC(C)(C)O[C@@H]23)O1. The van der Waals surface area contributed by atoms with Crippen molar-refractivity contribution in [3.05, 3.63) is 0 Å². The predicted octanol–water partition coefficient (Wildman–Crippen LogP) is -0.499. The topological polar surface area (TPSA) is 145 Å². The molecule has 4 atom stereocenters. The van der Waals surface area contributed by atoms with Crippen molar-refractivity contribution < 1.29 is 41.1 Å². The van der Waals surface area contributed by atoms with Gasteiger partial charge in [-0.05, 0) is 40.7 Å². The summed E-state index contributed by atoms with van der Waals surface area (Å²) >= 11 is 0. The van der Waals surface area contributed by atoms with E-state index in [-0.39, 0.29) is 19.6 Å². The third-order valence-electron chi connectivity index (χ3n) is 4.54. The largest absolute Gasteiger partial charge is 0.362 e. The van der Waals surface area contributed by atoms with E-state index in [1.807, 2.05) is 4.72 Å². The first-order chi connectivity index (χ1) is 12.9. The number of carbonyl (C=O) groups is 1. The van der Waals surface area contributed by atoms with Crippen LogP contribution in [0, 0.1) is 0 Å². The number of amides is 1. The van der Waals surface area contributed by atoms with Gasteiger partial charge in [-0.1, -0.05) is 0 Å². The number of carbonyl (C=O) groups excluding carboxylic acids is 1. The Morgan fingerprint density at radius 3 is 2.57 bits per heavy atom. The molecule has 3 aliphatic rings. The molecule has 0 aromatic carbocycles. The number of hydrogen-bond donors (Lipinski definition) is 2. The van der Waals surface area contributed by atoms with Crippen LogP contribution in [-0.2, 0) is 43.0 Å². The zero-order valence-corrected chi connectivity index (χ0v) is 17.2. The molecule has 3 saturated heterocycles. The number of fused-ring (bicyclic) bond motifs is 3. The molecular formula is C16H28N2O9S. The minimum absolute atomic E-state index is 0.0278. The molecule has 3 heterocycles. The second-order valence-electron chi connectivity index (χ2n) is 7.94. The summed E-state index contributed by atoms with van der Waals surface area (Å²) in [6, 6.07) is 0. The standard InChI is InChI=1S/C16H28N2O9S/c1-14(2)24-10-8-22-16(13(12(10)25-14)26-15(3,4)27-16)9-23-28(20,21)18-11(19)6-5-7-17/h10,12-13H,5-9,17H2,1-4H3,(H,18,19)/t10-,12-,13+,16+/m1/s1. The van der Waals surface area contributed by atoms with Crippen LogP contribution in [0.1, 0.15) is 40.5 Å². The Labute approximate surface area is 164 Å². The molecule has 0 aliphatic carbocycles. The van der Waals surface area contributed by atoms with Crippen molar-refractivity contribution in [3.63, 3.8) is 0 Å². The maximum atomic E-state index is 12.1. The van der Waals surface area contributed by atoms with Crippen LogP contribution in [0.3, 0.4) is 0 Å². The van der Waals surface area contributed by atoms with Crippen molar-refractivity contribution in [1.82, 2.24) is 4.72 Å². The smallest absolute Gasteiger partial charge is 0.343 e.